The summed E-state index contributed by atoms with van der Waals surface area (Å²) < 4.78 is 0. The lowest BCUT2D eigenvalue weighted by atomic mass is 9.98. The summed E-state index contributed by atoms with van der Waals surface area (Å²) in [7, 11) is 0. The monoisotopic (exact) mass is 282 g/mol. The first-order valence-electron chi connectivity index (χ1n) is 7.04. The van der Waals surface area contributed by atoms with Gasteiger partial charge >= 0.3 is 0 Å². The van der Waals surface area contributed by atoms with E-state index in [0.29, 0.717) is 6.04 Å². The van der Waals surface area contributed by atoms with Crippen LogP contribution in [-0.4, -0.2) is 22.5 Å². The number of nitrogens with one attached hydrogen (secondary N) is 1. The van der Waals surface area contributed by atoms with Gasteiger partial charge in [-0.25, -0.2) is 4.98 Å². The Morgan fingerprint density at radius 1 is 1.28 bits per heavy atom. The van der Waals surface area contributed by atoms with Crippen LogP contribution in [0.2, 0.25) is 0 Å². The van der Waals surface area contributed by atoms with Gasteiger partial charge in [-0.3, -0.25) is 0 Å². The molecule has 1 fully saturated rings. The van der Waals surface area contributed by atoms with E-state index in [4.69, 9.17) is 4.98 Å². The van der Waals surface area contributed by atoms with Crippen molar-refractivity contribution in [3.8, 4) is 0 Å². The second-order valence-corrected chi connectivity index (χ2v) is 7.97. The Bertz CT molecular complexity index is 396. The summed E-state index contributed by atoms with van der Waals surface area (Å²) in [6, 6.07) is 0.532. The van der Waals surface area contributed by atoms with Crippen molar-refractivity contribution in [3.05, 3.63) is 15.6 Å². The summed E-state index contributed by atoms with van der Waals surface area (Å²) in [5.74, 6) is 2.46. The summed E-state index contributed by atoms with van der Waals surface area (Å²) in [6.45, 7) is 4.50. The highest BCUT2D eigenvalue weighted by Crippen LogP contribution is 2.41. The molecule has 4 heteroatoms. The molecule has 2 heterocycles. The number of thioether (sulfide) groups is 1. The predicted octanol–water partition coefficient (Wildman–Crippen LogP) is 3.35. The second kappa shape index (κ2) is 5.14. The van der Waals surface area contributed by atoms with E-state index >= 15 is 0 Å². The summed E-state index contributed by atoms with van der Waals surface area (Å²) in [4.78, 5) is 6.57. The lowest BCUT2D eigenvalue weighted by Gasteiger charge is -2.29. The first-order chi connectivity index (χ1) is 8.70. The average Bonchev–Trinajstić information content (AvgIpc) is 2.94. The molecule has 1 N–H and O–H groups in total. The molecule has 0 saturated carbocycles. The number of fused-ring (bicyclic) bond motifs is 1. The van der Waals surface area contributed by atoms with Gasteiger partial charge in [-0.05, 0) is 51.7 Å². The molecule has 100 valence electrons. The zero-order valence-electron chi connectivity index (χ0n) is 11.3. The summed E-state index contributed by atoms with van der Waals surface area (Å²) in [6.07, 6.45) is 6.39. The van der Waals surface area contributed by atoms with Gasteiger partial charge in [0.2, 0.25) is 0 Å². The zero-order valence-corrected chi connectivity index (χ0v) is 12.9. The third-order valence-corrected chi connectivity index (χ3v) is 6.39. The number of hydrogen-bond donors (Lipinski definition) is 1. The second-order valence-electron chi connectivity index (χ2n) is 5.78. The molecule has 1 saturated heterocycles. The van der Waals surface area contributed by atoms with Crippen LogP contribution in [0.25, 0.3) is 0 Å². The van der Waals surface area contributed by atoms with Crippen LogP contribution in [0.15, 0.2) is 0 Å². The Labute approximate surface area is 118 Å². The molecule has 2 aliphatic rings. The van der Waals surface area contributed by atoms with E-state index in [1.165, 1.54) is 54.3 Å². The van der Waals surface area contributed by atoms with Gasteiger partial charge in [0.05, 0.1) is 11.2 Å². The SMILES string of the molecule is CC(C)NC1(c2nc3c(s2)CCCC3)CCSC1. The molecule has 0 aromatic carbocycles. The van der Waals surface area contributed by atoms with Crippen molar-refractivity contribution in [1.82, 2.24) is 10.3 Å². The molecule has 0 radical (unpaired) electrons. The number of aromatic nitrogens is 1. The van der Waals surface area contributed by atoms with Crippen LogP contribution in [0.4, 0.5) is 0 Å². The molecular weight excluding hydrogens is 260 g/mol. The minimum atomic E-state index is 0.168. The molecule has 3 rings (SSSR count). The fraction of sp³-hybridized carbons (Fsp3) is 0.786. The minimum Gasteiger partial charge on any atom is -0.302 e. The fourth-order valence-electron chi connectivity index (χ4n) is 3.02. The number of nitrogens with zero attached hydrogens (tertiary/aromatic N) is 1. The zero-order chi connectivity index (χ0) is 12.6. The third kappa shape index (κ3) is 2.35. The maximum absolute atomic E-state index is 5.00. The number of aryl methyl sites for hydroxylation is 2. The Morgan fingerprint density at radius 2 is 2.11 bits per heavy atom. The molecule has 1 unspecified atom stereocenters. The summed E-state index contributed by atoms with van der Waals surface area (Å²) in [5, 5.41) is 5.18. The van der Waals surface area contributed by atoms with Gasteiger partial charge < -0.3 is 5.32 Å². The van der Waals surface area contributed by atoms with Crippen LogP contribution in [0.1, 0.15) is 48.7 Å². The van der Waals surface area contributed by atoms with Gasteiger partial charge in [-0.2, -0.15) is 11.8 Å². The van der Waals surface area contributed by atoms with Crippen molar-refractivity contribution in [3.63, 3.8) is 0 Å². The van der Waals surface area contributed by atoms with E-state index in [9.17, 15) is 0 Å². The molecule has 0 amide bonds. The van der Waals surface area contributed by atoms with Gasteiger partial charge in [0.1, 0.15) is 5.01 Å². The van der Waals surface area contributed by atoms with Gasteiger partial charge in [0, 0.05) is 16.7 Å². The molecular formula is C14H22N2S2. The van der Waals surface area contributed by atoms with E-state index < -0.39 is 0 Å². The Hall–Kier alpha value is -0.0600. The minimum absolute atomic E-state index is 0.168. The molecule has 2 nitrogen and oxygen atoms in total. The van der Waals surface area contributed by atoms with Gasteiger partial charge in [0.25, 0.3) is 0 Å². The van der Waals surface area contributed by atoms with Crippen LogP contribution in [-0.2, 0) is 18.4 Å². The quantitative estimate of drug-likeness (QED) is 0.920. The third-order valence-electron chi connectivity index (χ3n) is 3.84. The van der Waals surface area contributed by atoms with Gasteiger partial charge in [-0.15, -0.1) is 11.3 Å². The Morgan fingerprint density at radius 3 is 2.78 bits per heavy atom. The number of hydrogen-bond acceptors (Lipinski definition) is 4. The van der Waals surface area contributed by atoms with Crippen LogP contribution in [0, 0.1) is 0 Å². The van der Waals surface area contributed by atoms with Crippen molar-refractivity contribution in [1.29, 1.82) is 0 Å². The molecule has 1 aliphatic heterocycles. The van der Waals surface area contributed by atoms with Crippen molar-refractivity contribution >= 4 is 23.1 Å². The van der Waals surface area contributed by atoms with Crippen molar-refractivity contribution in [2.75, 3.05) is 11.5 Å². The first kappa shape index (κ1) is 12.9. The Kier molecular flexibility index (Phi) is 3.70. The fourth-order valence-corrected chi connectivity index (χ4v) is 5.79. The van der Waals surface area contributed by atoms with E-state index in [-0.39, 0.29) is 5.54 Å². The molecule has 1 aliphatic carbocycles. The maximum Gasteiger partial charge on any atom is 0.114 e. The van der Waals surface area contributed by atoms with Crippen molar-refractivity contribution in [2.45, 2.75) is 57.5 Å². The maximum atomic E-state index is 5.00. The van der Waals surface area contributed by atoms with Crippen LogP contribution in [0.3, 0.4) is 0 Å². The van der Waals surface area contributed by atoms with E-state index in [2.05, 4.69) is 30.9 Å². The molecule has 0 spiro atoms. The number of thiazole rings is 1. The van der Waals surface area contributed by atoms with E-state index in [0.717, 1.165) is 0 Å². The molecule has 1 atom stereocenters. The van der Waals surface area contributed by atoms with Crippen LogP contribution < -0.4 is 5.32 Å². The van der Waals surface area contributed by atoms with E-state index in [1.807, 2.05) is 11.3 Å². The standard InChI is InChI=1S/C14H22N2S2/c1-10(2)16-14(7-8-17-9-14)13-15-11-5-3-4-6-12(11)18-13/h10,16H,3-9H2,1-2H3. The highest BCUT2D eigenvalue weighted by atomic mass is 32.2. The summed E-state index contributed by atoms with van der Waals surface area (Å²) >= 11 is 4.05. The smallest absolute Gasteiger partial charge is 0.114 e. The van der Waals surface area contributed by atoms with Crippen LogP contribution in [0.5, 0.6) is 0 Å². The predicted molar refractivity (Wildman–Crippen MR) is 80.6 cm³/mol. The normalized spacial score (nSPS) is 27.7. The Balaban J connectivity index is 1.92. The lowest BCUT2D eigenvalue weighted by molar-refractivity contribution is 0.341. The van der Waals surface area contributed by atoms with Crippen LogP contribution >= 0.6 is 23.1 Å². The summed E-state index contributed by atoms with van der Waals surface area (Å²) in [5.41, 5.74) is 1.57. The highest BCUT2D eigenvalue weighted by Gasteiger charge is 2.39. The van der Waals surface area contributed by atoms with E-state index in [1.54, 1.807) is 4.88 Å². The highest BCUT2D eigenvalue weighted by molar-refractivity contribution is 7.99. The van der Waals surface area contributed by atoms with Gasteiger partial charge in [0.15, 0.2) is 0 Å². The lowest BCUT2D eigenvalue weighted by Crippen LogP contribution is -2.46. The molecule has 18 heavy (non-hydrogen) atoms. The number of rotatable bonds is 3. The molecule has 1 aromatic heterocycles. The van der Waals surface area contributed by atoms with Crippen molar-refractivity contribution < 1.29 is 0 Å². The largest absolute Gasteiger partial charge is 0.302 e. The van der Waals surface area contributed by atoms with Crippen molar-refractivity contribution in [2.24, 2.45) is 0 Å². The average molecular weight is 282 g/mol. The molecule has 1 aromatic rings. The topological polar surface area (TPSA) is 24.9 Å². The molecule has 0 bridgehead atoms. The van der Waals surface area contributed by atoms with Gasteiger partial charge in [-0.1, -0.05) is 0 Å². The first-order valence-corrected chi connectivity index (χ1v) is 9.01.